The summed E-state index contributed by atoms with van der Waals surface area (Å²) in [5.74, 6) is -0.269. The molecule has 1 unspecified atom stereocenters. The van der Waals surface area contributed by atoms with Gasteiger partial charge < -0.3 is 5.73 Å². The lowest BCUT2D eigenvalue weighted by molar-refractivity contribution is 0.628. The quantitative estimate of drug-likeness (QED) is 0.505. The van der Waals surface area contributed by atoms with Crippen LogP contribution in [0.5, 0.6) is 0 Å². The Balaban J connectivity index is 1.94. The minimum absolute atomic E-state index is 0.269. The van der Waals surface area contributed by atoms with Gasteiger partial charge in [0.25, 0.3) is 0 Å². The molecule has 1 atom stereocenters. The van der Waals surface area contributed by atoms with Gasteiger partial charge in [0.1, 0.15) is 15.8 Å². The number of nitrogens with zero attached hydrogens (tertiary/aromatic N) is 2. The van der Waals surface area contributed by atoms with Gasteiger partial charge in [-0.2, -0.15) is 0 Å². The number of nitrogens with two attached hydrogens (primary N) is 1. The van der Waals surface area contributed by atoms with E-state index in [2.05, 4.69) is 9.97 Å². The van der Waals surface area contributed by atoms with Gasteiger partial charge in [0, 0.05) is 22.5 Å². The van der Waals surface area contributed by atoms with Gasteiger partial charge in [-0.15, -0.1) is 11.3 Å². The van der Waals surface area contributed by atoms with Crippen molar-refractivity contribution in [1.82, 2.24) is 9.97 Å². The van der Waals surface area contributed by atoms with E-state index in [0.717, 1.165) is 32.6 Å². The van der Waals surface area contributed by atoms with Gasteiger partial charge in [0.05, 0.1) is 11.7 Å². The fraction of sp³-hybridized carbons (Fsp3) is 0.0526. The summed E-state index contributed by atoms with van der Waals surface area (Å²) in [6, 6.07) is 13.4. The highest BCUT2D eigenvalue weighted by atomic mass is 35.5. The lowest BCUT2D eigenvalue weighted by Gasteiger charge is -2.14. The van der Waals surface area contributed by atoms with Crippen molar-refractivity contribution in [1.29, 1.82) is 0 Å². The molecule has 0 spiro atoms. The molecule has 0 amide bonds. The zero-order valence-electron chi connectivity index (χ0n) is 13.0. The Labute approximate surface area is 152 Å². The summed E-state index contributed by atoms with van der Waals surface area (Å²) in [5.41, 5.74) is 9.96. The zero-order chi connectivity index (χ0) is 17.4. The van der Waals surface area contributed by atoms with Crippen molar-refractivity contribution in [3.8, 4) is 11.1 Å². The van der Waals surface area contributed by atoms with Crippen molar-refractivity contribution in [3.63, 3.8) is 0 Å². The first-order valence-corrected chi connectivity index (χ1v) is 8.89. The maximum absolute atomic E-state index is 13.3. The topological polar surface area (TPSA) is 51.8 Å². The lowest BCUT2D eigenvalue weighted by Crippen LogP contribution is -2.14. The highest BCUT2D eigenvalue weighted by Gasteiger charge is 2.19. The molecule has 2 N–H and O–H groups in total. The summed E-state index contributed by atoms with van der Waals surface area (Å²) < 4.78 is 13.3. The van der Waals surface area contributed by atoms with E-state index in [1.165, 1.54) is 23.5 Å². The second-order valence-corrected chi connectivity index (χ2v) is 6.85. The summed E-state index contributed by atoms with van der Waals surface area (Å²) in [7, 11) is 0. The number of thiophene rings is 1. The number of hydrogen-bond acceptors (Lipinski definition) is 4. The highest BCUT2D eigenvalue weighted by Crippen LogP contribution is 2.39. The molecule has 0 aliphatic rings. The van der Waals surface area contributed by atoms with E-state index in [1.54, 1.807) is 24.4 Å². The van der Waals surface area contributed by atoms with E-state index in [9.17, 15) is 4.39 Å². The smallest absolute Gasteiger partial charge is 0.131 e. The fourth-order valence-electron chi connectivity index (χ4n) is 2.85. The third-order valence-electron chi connectivity index (χ3n) is 4.04. The van der Waals surface area contributed by atoms with Gasteiger partial charge >= 0.3 is 0 Å². The number of benzene rings is 1. The molecule has 0 fully saturated rings. The van der Waals surface area contributed by atoms with Crippen LogP contribution < -0.4 is 5.73 Å². The molecule has 0 saturated heterocycles. The first-order chi connectivity index (χ1) is 12.1. The van der Waals surface area contributed by atoms with Crippen molar-refractivity contribution >= 4 is 33.2 Å². The van der Waals surface area contributed by atoms with Crippen LogP contribution >= 0.6 is 22.9 Å². The molecule has 0 radical (unpaired) electrons. The van der Waals surface area contributed by atoms with Gasteiger partial charge in [0.2, 0.25) is 0 Å². The first kappa shape index (κ1) is 16.1. The van der Waals surface area contributed by atoms with Crippen LogP contribution in [0.1, 0.15) is 17.3 Å². The minimum atomic E-state index is -0.432. The predicted octanol–water partition coefficient (Wildman–Crippen LogP) is 5.20. The highest BCUT2D eigenvalue weighted by molar-refractivity contribution is 7.17. The Hall–Kier alpha value is -2.34. The minimum Gasteiger partial charge on any atom is -0.319 e. The Morgan fingerprint density at radius 1 is 1.12 bits per heavy atom. The molecule has 4 aromatic rings. The summed E-state index contributed by atoms with van der Waals surface area (Å²) in [6.45, 7) is 0. The summed E-state index contributed by atoms with van der Waals surface area (Å²) >= 11 is 7.69. The van der Waals surface area contributed by atoms with Crippen LogP contribution in [0.25, 0.3) is 21.3 Å². The van der Waals surface area contributed by atoms with E-state index in [0.29, 0.717) is 5.15 Å². The number of fused-ring (bicyclic) bond motifs is 1. The Bertz CT molecular complexity index is 1030. The Kier molecular flexibility index (Phi) is 4.21. The maximum Gasteiger partial charge on any atom is 0.131 e. The second-order valence-electron chi connectivity index (χ2n) is 5.60. The SMILES string of the molecule is NC(c1ccccn1)c1cc(Cl)nc2scc(-c3ccc(F)cc3)c12. The summed E-state index contributed by atoms with van der Waals surface area (Å²) in [4.78, 5) is 9.56. The van der Waals surface area contributed by atoms with Crippen molar-refractivity contribution in [2.45, 2.75) is 6.04 Å². The zero-order valence-corrected chi connectivity index (χ0v) is 14.6. The van der Waals surface area contributed by atoms with E-state index in [4.69, 9.17) is 17.3 Å². The maximum atomic E-state index is 13.3. The summed E-state index contributed by atoms with van der Waals surface area (Å²) in [6.07, 6.45) is 1.71. The summed E-state index contributed by atoms with van der Waals surface area (Å²) in [5, 5.41) is 3.32. The molecule has 25 heavy (non-hydrogen) atoms. The number of halogens is 2. The molecule has 1 aromatic carbocycles. The predicted molar refractivity (Wildman–Crippen MR) is 100 cm³/mol. The van der Waals surface area contributed by atoms with Crippen molar-refractivity contribution in [2.75, 3.05) is 0 Å². The Morgan fingerprint density at radius 2 is 1.92 bits per heavy atom. The van der Waals surface area contributed by atoms with Crippen LogP contribution in [0.3, 0.4) is 0 Å². The van der Waals surface area contributed by atoms with E-state index in [-0.39, 0.29) is 5.82 Å². The molecule has 3 heterocycles. The fourth-order valence-corrected chi connectivity index (χ4v) is 4.08. The van der Waals surface area contributed by atoms with Gasteiger partial charge in [-0.25, -0.2) is 9.37 Å². The van der Waals surface area contributed by atoms with E-state index in [1.807, 2.05) is 23.6 Å². The molecule has 4 rings (SSSR count). The second kappa shape index (κ2) is 6.52. The number of pyridine rings is 2. The average Bonchev–Trinajstić information content (AvgIpc) is 3.05. The molecule has 124 valence electrons. The van der Waals surface area contributed by atoms with Crippen LogP contribution in [-0.4, -0.2) is 9.97 Å². The third kappa shape index (κ3) is 3.02. The van der Waals surface area contributed by atoms with Crippen LogP contribution in [0.2, 0.25) is 5.15 Å². The number of aromatic nitrogens is 2. The molecule has 0 bridgehead atoms. The third-order valence-corrected chi connectivity index (χ3v) is 5.11. The molecule has 0 aliphatic carbocycles. The first-order valence-electron chi connectivity index (χ1n) is 7.63. The lowest BCUT2D eigenvalue weighted by atomic mass is 9.97. The van der Waals surface area contributed by atoms with Crippen LogP contribution in [0.4, 0.5) is 4.39 Å². The molecule has 0 aliphatic heterocycles. The molecule has 3 nitrogen and oxygen atoms in total. The van der Waals surface area contributed by atoms with Crippen molar-refractivity contribution in [2.24, 2.45) is 5.73 Å². The van der Waals surface area contributed by atoms with E-state index >= 15 is 0 Å². The largest absolute Gasteiger partial charge is 0.319 e. The van der Waals surface area contributed by atoms with Crippen molar-refractivity contribution in [3.05, 3.63) is 82.3 Å². The number of rotatable bonds is 3. The van der Waals surface area contributed by atoms with Crippen LogP contribution in [0.15, 0.2) is 60.1 Å². The molecule has 6 heteroatoms. The standard InChI is InChI=1S/C19H13ClFN3S/c20-16-9-13(18(22)15-3-1-2-8-23-15)17-14(10-25-19(17)24-16)11-4-6-12(21)7-5-11/h1-10,18H,22H2. The van der Waals surface area contributed by atoms with Crippen LogP contribution in [-0.2, 0) is 0 Å². The molecule has 0 saturated carbocycles. The molecule has 3 aromatic heterocycles. The van der Waals surface area contributed by atoms with Crippen LogP contribution in [0, 0.1) is 5.82 Å². The number of hydrogen-bond donors (Lipinski definition) is 1. The monoisotopic (exact) mass is 369 g/mol. The molecular weight excluding hydrogens is 357 g/mol. The molecular formula is C19H13ClFN3S. The Morgan fingerprint density at radius 3 is 2.64 bits per heavy atom. The van der Waals surface area contributed by atoms with Crippen molar-refractivity contribution < 1.29 is 4.39 Å². The average molecular weight is 370 g/mol. The normalized spacial score (nSPS) is 12.4. The van der Waals surface area contributed by atoms with Gasteiger partial charge in [-0.05, 0) is 41.5 Å². The van der Waals surface area contributed by atoms with Gasteiger partial charge in [0.15, 0.2) is 0 Å². The van der Waals surface area contributed by atoms with Gasteiger partial charge in [-0.1, -0.05) is 29.8 Å². The van der Waals surface area contributed by atoms with E-state index < -0.39 is 6.04 Å². The van der Waals surface area contributed by atoms with Gasteiger partial charge in [-0.3, -0.25) is 4.98 Å².